The molecule has 0 unspecified atom stereocenters. The minimum atomic E-state index is 0.0393. The molecule has 11 heavy (non-hydrogen) atoms. The van der Waals surface area contributed by atoms with E-state index in [-0.39, 0.29) is 18.8 Å². The molecule has 1 fully saturated rings. The number of hydrogen-bond donors (Lipinski definition) is 1. The topological polar surface area (TPSA) is 32.8 Å². The molecular formula is C9H10O2. The highest BCUT2D eigenvalue weighted by atomic mass is 16.6. The maximum Gasteiger partial charge on any atom is 0.112 e. The largest absolute Gasteiger partial charge is 0.394 e. The molecule has 1 aliphatic rings. The summed E-state index contributed by atoms with van der Waals surface area (Å²) in [4.78, 5) is 0. The molecular weight excluding hydrogens is 140 g/mol. The monoisotopic (exact) mass is 150 g/mol. The molecule has 1 aromatic carbocycles. The molecule has 0 saturated carbocycles. The zero-order chi connectivity index (χ0) is 7.68. The SMILES string of the molecule is OC[C@@H]1O[C@H]1c1ccccc1. The summed E-state index contributed by atoms with van der Waals surface area (Å²) in [6.45, 7) is 0.125. The van der Waals surface area contributed by atoms with Crippen molar-refractivity contribution >= 4 is 0 Å². The maximum atomic E-state index is 8.71. The average Bonchev–Trinajstić information content (AvgIpc) is 2.85. The lowest BCUT2D eigenvalue weighted by atomic mass is 10.1. The Morgan fingerprint density at radius 3 is 2.55 bits per heavy atom. The summed E-state index contributed by atoms with van der Waals surface area (Å²) in [5, 5.41) is 8.71. The van der Waals surface area contributed by atoms with Crippen LogP contribution in [0, 0.1) is 0 Å². The molecule has 0 spiro atoms. The van der Waals surface area contributed by atoms with Gasteiger partial charge in [0.2, 0.25) is 0 Å². The third-order valence-electron chi connectivity index (χ3n) is 1.89. The van der Waals surface area contributed by atoms with Crippen molar-refractivity contribution in [2.45, 2.75) is 12.2 Å². The number of rotatable bonds is 2. The number of hydrogen-bond acceptors (Lipinski definition) is 2. The summed E-state index contributed by atoms with van der Waals surface area (Å²) >= 11 is 0. The predicted molar refractivity (Wildman–Crippen MR) is 41.1 cm³/mol. The Kier molecular flexibility index (Phi) is 1.64. The third-order valence-corrected chi connectivity index (χ3v) is 1.89. The summed E-state index contributed by atoms with van der Waals surface area (Å²) in [6, 6.07) is 9.96. The van der Waals surface area contributed by atoms with Crippen molar-refractivity contribution in [1.29, 1.82) is 0 Å². The van der Waals surface area contributed by atoms with Crippen LogP contribution in [-0.4, -0.2) is 17.8 Å². The van der Waals surface area contributed by atoms with Crippen LogP contribution >= 0.6 is 0 Å². The molecule has 1 aromatic rings. The third kappa shape index (κ3) is 1.27. The van der Waals surface area contributed by atoms with E-state index in [0.717, 1.165) is 5.56 Å². The van der Waals surface area contributed by atoms with Gasteiger partial charge in [-0.15, -0.1) is 0 Å². The van der Waals surface area contributed by atoms with Crippen molar-refractivity contribution in [3.8, 4) is 0 Å². The Labute approximate surface area is 65.4 Å². The van der Waals surface area contributed by atoms with Crippen molar-refractivity contribution in [2.24, 2.45) is 0 Å². The molecule has 0 aromatic heterocycles. The first-order valence-corrected chi connectivity index (χ1v) is 3.73. The van der Waals surface area contributed by atoms with Gasteiger partial charge in [0.05, 0.1) is 6.61 Å². The Balaban J connectivity index is 2.09. The fourth-order valence-corrected chi connectivity index (χ4v) is 1.22. The lowest BCUT2D eigenvalue weighted by Crippen LogP contribution is -1.93. The van der Waals surface area contributed by atoms with Crippen LogP contribution in [0.3, 0.4) is 0 Å². The number of benzene rings is 1. The highest BCUT2D eigenvalue weighted by Gasteiger charge is 2.39. The first-order valence-electron chi connectivity index (χ1n) is 3.73. The standard InChI is InChI=1S/C9H10O2/c10-6-8-9(11-8)7-4-2-1-3-5-7/h1-5,8-10H,6H2/t8-,9-/m0/s1. The van der Waals surface area contributed by atoms with E-state index in [0.29, 0.717) is 0 Å². The van der Waals surface area contributed by atoms with Gasteiger partial charge in [-0.2, -0.15) is 0 Å². The van der Waals surface area contributed by atoms with Gasteiger partial charge in [0.25, 0.3) is 0 Å². The van der Waals surface area contributed by atoms with Crippen LogP contribution in [0.4, 0.5) is 0 Å². The molecule has 1 saturated heterocycles. The lowest BCUT2D eigenvalue weighted by molar-refractivity contribution is 0.242. The summed E-state index contributed by atoms with van der Waals surface area (Å²) in [7, 11) is 0. The van der Waals surface area contributed by atoms with Gasteiger partial charge in [-0.05, 0) is 5.56 Å². The summed E-state index contributed by atoms with van der Waals surface area (Å²) in [6.07, 6.45) is 0.179. The molecule has 0 aliphatic carbocycles. The maximum absolute atomic E-state index is 8.71. The van der Waals surface area contributed by atoms with Crippen molar-refractivity contribution in [3.63, 3.8) is 0 Å². The van der Waals surface area contributed by atoms with Crippen LogP contribution in [0.1, 0.15) is 11.7 Å². The van der Waals surface area contributed by atoms with Crippen LogP contribution in [0.5, 0.6) is 0 Å². The molecule has 2 atom stereocenters. The number of epoxide rings is 1. The van der Waals surface area contributed by atoms with Gasteiger partial charge in [-0.1, -0.05) is 30.3 Å². The minimum Gasteiger partial charge on any atom is -0.394 e. The average molecular weight is 150 g/mol. The molecule has 2 nitrogen and oxygen atoms in total. The van der Waals surface area contributed by atoms with E-state index in [1.54, 1.807) is 0 Å². The lowest BCUT2D eigenvalue weighted by Gasteiger charge is -1.91. The summed E-state index contributed by atoms with van der Waals surface area (Å²) in [5.41, 5.74) is 1.16. The Hall–Kier alpha value is -0.860. The summed E-state index contributed by atoms with van der Waals surface area (Å²) < 4.78 is 5.20. The second-order valence-electron chi connectivity index (χ2n) is 2.69. The first kappa shape index (κ1) is 6.83. The van der Waals surface area contributed by atoms with Crippen LogP contribution in [0.15, 0.2) is 30.3 Å². The van der Waals surface area contributed by atoms with Crippen LogP contribution in [0.25, 0.3) is 0 Å². The Morgan fingerprint density at radius 2 is 2.00 bits per heavy atom. The molecule has 58 valence electrons. The normalized spacial score (nSPS) is 28.5. The first-order chi connectivity index (χ1) is 5.42. The van der Waals surface area contributed by atoms with E-state index >= 15 is 0 Å². The molecule has 2 heteroatoms. The van der Waals surface area contributed by atoms with Crippen molar-refractivity contribution in [3.05, 3.63) is 35.9 Å². The minimum absolute atomic E-state index is 0.0393. The van der Waals surface area contributed by atoms with E-state index in [9.17, 15) is 0 Å². The van der Waals surface area contributed by atoms with E-state index < -0.39 is 0 Å². The fourth-order valence-electron chi connectivity index (χ4n) is 1.22. The van der Waals surface area contributed by atoms with Crippen LogP contribution in [0.2, 0.25) is 0 Å². The second kappa shape index (κ2) is 2.64. The highest BCUT2D eigenvalue weighted by molar-refractivity contribution is 5.22. The van der Waals surface area contributed by atoms with Gasteiger partial charge >= 0.3 is 0 Å². The Bertz CT molecular complexity index is 233. The molecule has 1 heterocycles. The molecule has 1 aliphatic heterocycles. The van der Waals surface area contributed by atoms with E-state index in [1.807, 2.05) is 30.3 Å². The smallest absolute Gasteiger partial charge is 0.112 e. The second-order valence-corrected chi connectivity index (χ2v) is 2.69. The van der Waals surface area contributed by atoms with Crippen LogP contribution in [-0.2, 0) is 4.74 Å². The number of aliphatic hydroxyl groups excluding tert-OH is 1. The van der Waals surface area contributed by atoms with E-state index in [1.165, 1.54) is 0 Å². The van der Waals surface area contributed by atoms with Gasteiger partial charge in [0.15, 0.2) is 0 Å². The van der Waals surface area contributed by atoms with Gasteiger partial charge in [0, 0.05) is 0 Å². The zero-order valence-corrected chi connectivity index (χ0v) is 6.10. The van der Waals surface area contributed by atoms with Crippen molar-refractivity contribution in [2.75, 3.05) is 6.61 Å². The molecule has 2 rings (SSSR count). The van der Waals surface area contributed by atoms with Gasteiger partial charge in [-0.25, -0.2) is 0 Å². The molecule has 0 radical (unpaired) electrons. The van der Waals surface area contributed by atoms with Gasteiger partial charge in [0.1, 0.15) is 12.2 Å². The predicted octanol–water partition coefficient (Wildman–Crippen LogP) is 1.12. The molecule has 0 bridgehead atoms. The van der Waals surface area contributed by atoms with Crippen molar-refractivity contribution in [1.82, 2.24) is 0 Å². The molecule has 1 N–H and O–H groups in total. The quantitative estimate of drug-likeness (QED) is 0.641. The fraction of sp³-hybridized carbons (Fsp3) is 0.333. The van der Waals surface area contributed by atoms with Crippen LogP contribution < -0.4 is 0 Å². The number of ether oxygens (including phenoxy) is 1. The molecule has 0 amide bonds. The zero-order valence-electron chi connectivity index (χ0n) is 6.10. The van der Waals surface area contributed by atoms with Crippen molar-refractivity contribution < 1.29 is 9.84 Å². The van der Waals surface area contributed by atoms with Gasteiger partial charge < -0.3 is 9.84 Å². The highest BCUT2D eigenvalue weighted by Crippen LogP contribution is 2.37. The number of aliphatic hydroxyl groups is 1. The summed E-state index contributed by atoms with van der Waals surface area (Å²) in [5.74, 6) is 0. The van der Waals surface area contributed by atoms with E-state index in [4.69, 9.17) is 9.84 Å². The van der Waals surface area contributed by atoms with E-state index in [2.05, 4.69) is 0 Å². The van der Waals surface area contributed by atoms with Gasteiger partial charge in [-0.3, -0.25) is 0 Å². The Morgan fingerprint density at radius 1 is 1.27 bits per heavy atom.